The molecule has 2 saturated heterocycles. The molecule has 3 rings (SSSR count). The summed E-state index contributed by atoms with van der Waals surface area (Å²) in [6.45, 7) is 5.31. The number of piperidine rings is 2. The molecule has 0 saturated carbocycles. The van der Waals surface area contributed by atoms with Gasteiger partial charge in [0.25, 0.3) is 5.91 Å². The molecule has 8 nitrogen and oxygen atoms in total. The van der Waals surface area contributed by atoms with Crippen LogP contribution in [0, 0.1) is 0 Å². The second-order valence-corrected chi connectivity index (χ2v) is 6.75. The fraction of sp³-hybridized carbons (Fsp3) is 0.667. The molecule has 1 aromatic rings. The van der Waals surface area contributed by atoms with E-state index in [1.807, 2.05) is 0 Å². The van der Waals surface area contributed by atoms with Crippen LogP contribution in [0.25, 0.3) is 0 Å². The number of amides is 2. The van der Waals surface area contributed by atoms with Crippen molar-refractivity contribution in [1.29, 1.82) is 0 Å². The van der Waals surface area contributed by atoms with Gasteiger partial charge in [-0.1, -0.05) is 0 Å². The number of ether oxygens (including phenoxy) is 1. The molecule has 3 heterocycles. The van der Waals surface area contributed by atoms with Gasteiger partial charge < -0.3 is 19.9 Å². The van der Waals surface area contributed by atoms with Gasteiger partial charge in [-0.05, 0) is 39.0 Å². The van der Waals surface area contributed by atoms with E-state index in [9.17, 15) is 9.59 Å². The van der Waals surface area contributed by atoms with E-state index in [2.05, 4.69) is 20.2 Å². The SMILES string of the molecule is CCOC(=O)N1CCC(NC(=O)c2cnc(N3CCCCC3)nc2)CC1. The summed E-state index contributed by atoms with van der Waals surface area (Å²) in [5.41, 5.74) is 0.471. The van der Waals surface area contributed by atoms with Crippen LogP contribution in [0.4, 0.5) is 10.7 Å². The highest BCUT2D eigenvalue weighted by Crippen LogP contribution is 2.16. The molecule has 2 amide bonds. The number of nitrogens with zero attached hydrogens (tertiary/aromatic N) is 4. The van der Waals surface area contributed by atoms with Crippen molar-refractivity contribution in [2.45, 2.75) is 45.1 Å². The molecule has 1 aromatic heterocycles. The van der Waals surface area contributed by atoms with E-state index in [1.54, 1.807) is 24.2 Å². The average molecular weight is 361 g/mol. The van der Waals surface area contributed by atoms with Gasteiger partial charge in [-0.25, -0.2) is 14.8 Å². The Morgan fingerprint density at radius 3 is 2.38 bits per heavy atom. The monoisotopic (exact) mass is 361 g/mol. The van der Waals surface area contributed by atoms with Gasteiger partial charge in [0.2, 0.25) is 5.95 Å². The summed E-state index contributed by atoms with van der Waals surface area (Å²) in [7, 11) is 0. The lowest BCUT2D eigenvalue weighted by molar-refractivity contribution is 0.0859. The third-order valence-electron chi connectivity index (χ3n) is 4.90. The van der Waals surface area contributed by atoms with E-state index < -0.39 is 0 Å². The van der Waals surface area contributed by atoms with Gasteiger partial charge in [-0.3, -0.25) is 4.79 Å². The van der Waals surface area contributed by atoms with Crippen molar-refractivity contribution in [3.8, 4) is 0 Å². The van der Waals surface area contributed by atoms with E-state index in [-0.39, 0.29) is 18.0 Å². The second kappa shape index (κ2) is 8.82. The Hall–Kier alpha value is -2.38. The van der Waals surface area contributed by atoms with Crippen molar-refractivity contribution >= 4 is 17.9 Å². The number of hydrogen-bond donors (Lipinski definition) is 1. The van der Waals surface area contributed by atoms with Gasteiger partial charge in [0.05, 0.1) is 12.2 Å². The molecule has 2 fully saturated rings. The minimum Gasteiger partial charge on any atom is -0.450 e. The van der Waals surface area contributed by atoms with Gasteiger partial charge in [-0.2, -0.15) is 0 Å². The highest BCUT2D eigenvalue weighted by molar-refractivity contribution is 5.93. The van der Waals surface area contributed by atoms with Gasteiger partial charge in [0.15, 0.2) is 0 Å². The minimum atomic E-state index is -0.279. The van der Waals surface area contributed by atoms with Crippen LogP contribution in [-0.4, -0.2) is 65.7 Å². The Kier molecular flexibility index (Phi) is 6.25. The lowest BCUT2D eigenvalue weighted by Crippen LogP contribution is -2.46. The molecule has 2 aliphatic rings. The van der Waals surface area contributed by atoms with E-state index in [4.69, 9.17) is 4.74 Å². The number of aromatic nitrogens is 2. The van der Waals surface area contributed by atoms with Gasteiger partial charge in [0.1, 0.15) is 0 Å². The number of likely N-dealkylation sites (tertiary alicyclic amines) is 1. The maximum Gasteiger partial charge on any atom is 0.409 e. The molecule has 0 bridgehead atoms. The molecule has 8 heteroatoms. The Morgan fingerprint density at radius 2 is 1.77 bits per heavy atom. The molecule has 0 aromatic carbocycles. The van der Waals surface area contributed by atoms with Crippen LogP contribution in [-0.2, 0) is 4.74 Å². The number of nitrogens with one attached hydrogen (secondary N) is 1. The molecule has 0 radical (unpaired) electrons. The predicted octanol–water partition coefficient (Wildman–Crippen LogP) is 1.82. The van der Waals surface area contributed by atoms with Crippen LogP contribution in [0.3, 0.4) is 0 Å². The van der Waals surface area contributed by atoms with Crippen molar-refractivity contribution in [3.63, 3.8) is 0 Å². The first kappa shape index (κ1) is 18.4. The molecule has 26 heavy (non-hydrogen) atoms. The zero-order valence-corrected chi connectivity index (χ0v) is 15.3. The Morgan fingerprint density at radius 1 is 1.12 bits per heavy atom. The standard InChI is InChI=1S/C18H27N5O3/c1-2-26-18(25)23-10-6-15(7-11-23)21-16(24)14-12-19-17(20-13-14)22-8-4-3-5-9-22/h12-13,15H,2-11H2,1H3,(H,21,24). The molecule has 0 atom stereocenters. The summed E-state index contributed by atoms with van der Waals surface area (Å²) in [6, 6.07) is 0.0509. The van der Waals surface area contributed by atoms with E-state index in [0.29, 0.717) is 31.2 Å². The first-order valence-electron chi connectivity index (χ1n) is 9.47. The minimum absolute atomic E-state index is 0.0509. The third kappa shape index (κ3) is 4.62. The summed E-state index contributed by atoms with van der Waals surface area (Å²) in [6.07, 6.45) is 7.94. The topological polar surface area (TPSA) is 87.7 Å². The summed E-state index contributed by atoms with van der Waals surface area (Å²) in [5.74, 6) is 0.536. The number of hydrogen-bond acceptors (Lipinski definition) is 6. The van der Waals surface area contributed by atoms with Crippen LogP contribution in [0.2, 0.25) is 0 Å². The van der Waals surface area contributed by atoms with Gasteiger partial charge in [0, 0.05) is 44.6 Å². The number of rotatable bonds is 4. The largest absolute Gasteiger partial charge is 0.450 e. The smallest absolute Gasteiger partial charge is 0.409 e. The maximum atomic E-state index is 12.4. The van der Waals surface area contributed by atoms with E-state index in [0.717, 1.165) is 38.8 Å². The van der Waals surface area contributed by atoms with Crippen LogP contribution >= 0.6 is 0 Å². The zero-order chi connectivity index (χ0) is 18.4. The number of carbonyl (C=O) groups is 2. The van der Waals surface area contributed by atoms with Gasteiger partial charge >= 0.3 is 6.09 Å². The fourth-order valence-corrected chi connectivity index (χ4v) is 3.39. The Bertz CT molecular complexity index is 608. The normalized spacial score (nSPS) is 18.5. The maximum absolute atomic E-state index is 12.4. The van der Waals surface area contributed by atoms with Crippen molar-refractivity contribution in [2.24, 2.45) is 0 Å². The van der Waals surface area contributed by atoms with Crippen LogP contribution in [0.15, 0.2) is 12.4 Å². The molecular formula is C18H27N5O3. The molecule has 142 valence electrons. The van der Waals surface area contributed by atoms with Crippen LogP contribution in [0.1, 0.15) is 49.4 Å². The summed E-state index contributed by atoms with van der Waals surface area (Å²) >= 11 is 0. The lowest BCUT2D eigenvalue weighted by Gasteiger charge is -2.31. The quantitative estimate of drug-likeness (QED) is 0.880. The van der Waals surface area contributed by atoms with Crippen LogP contribution < -0.4 is 10.2 Å². The molecular weight excluding hydrogens is 334 g/mol. The average Bonchev–Trinajstić information content (AvgIpc) is 2.69. The molecule has 2 aliphatic heterocycles. The number of anilines is 1. The van der Waals surface area contributed by atoms with Crippen LogP contribution in [0.5, 0.6) is 0 Å². The Labute approximate surface area is 153 Å². The van der Waals surface area contributed by atoms with Crippen molar-refractivity contribution in [1.82, 2.24) is 20.2 Å². The molecule has 0 spiro atoms. The Balaban J connectivity index is 1.48. The van der Waals surface area contributed by atoms with Crippen molar-refractivity contribution in [3.05, 3.63) is 18.0 Å². The summed E-state index contributed by atoms with van der Waals surface area (Å²) < 4.78 is 5.01. The fourth-order valence-electron chi connectivity index (χ4n) is 3.39. The molecule has 0 aliphatic carbocycles. The van der Waals surface area contributed by atoms with Gasteiger partial charge in [-0.15, -0.1) is 0 Å². The first-order chi connectivity index (χ1) is 12.7. The lowest BCUT2D eigenvalue weighted by atomic mass is 10.1. The highest BCUT2D eigenvalue weighted by Gasteiger charge is 2.25. The van der Waals surface area contributed by atoms with E-state index in [1.165, 1.54) is 6.42 Å². The number of carbonyl (C=O) groups excluding carboxylic acids is 2. The highest BCUT2D eigenvalue weighted by atomic mass is 16.6. The summed E-state index contributed by atoms with van der Waals surface area (Å²) in [4.78, 5) is 36.7. The third-order valence-corrected chi connectivity index (χ3v) is 4.90. The van der Waals surface area contributed by atoms with E-state index >= 15 is 0 Å². The molecule has 0 unspecified atom stereocenters. The molecule has 1 N–H and O–H groups in total. The predicted molar refractivity (Wildman–Crippen MR) is 97.2 cm³/mol. The zero-order valence-electron chi connectivity index (χ0n) is 15.3. The first-order valence-corrected chi connectivity index (χ1v) is 9.47. The van der Waals surface area contributed by atoms with Crippen molar-refractivity contribution in [2.75, 3.05) is 37.7 Å². The van der Waals surface area contributed by atoms with Crippen molar-refractivity contribution < 1.29 is 14.3 Å². The summed E-state index contributed by atoms with van der Waals surface area (Å²) in [5, 5.41) is 3.01. The second-order valence-electron chi connectivity index (χ2n) is 6.75.